The van der Waals surface area contributed by atoms with Crippen molar-refractivity contribution in [2.45, 2.75) is 19.4 Å². The molecule has 1 N–H and O–H groups in total. The number of hydrogen-bond donors (Lipinski definition) is 1. The van der Waals surface area contributed by atoms with Crippen molar-refractivity contribution in [3.8, 4) is 0 Å². The van der Waals surface area contributed by atoms with E-state index in [1.807, 2.05) is 11.4 Å². The van der Waals surface area contributed by atoms with Crippen molar-refractivity contribution in [2.24, 2.45) is 0 Å². The number of halogens is 1. The van der Waals surface area contributed by atoms with Crippen LogP contribution in [-0.2, 0) is 16.1 Å². The Morgan fingerprint density at radius 2 is 2.47 bits per heavy atom. The minimum Gasteiger partial charge on any atom is -0.469 e. The number of methoxy groups -OCH3 is 1. The van der Waals surface area contributed by atoms with Crippen molar-refractivity contribution >= 4 is 28.9 Å². The summed E-state index contributed by atoms with van der Waals surface area (Å²) in [5, 5.41) is 5.93. The quantitative estimate of drug-likeness (QED) is 0.620. The van der Waals surface area contributed by atoms with E-state index in [1.54, 1.807) is 11.3 Å². The zero-order valence-electron chi connectivity index (χ0n) is 8.59. The van der Waals surface area contributed by atoms with Gasteiger partial charge in [-0.05, 0) is 19.0 Å². The number of rotatable bonds is 6. The Kier molecular flexibility index (Phi) is 5.68. The Morgan fingerprint density at radius 1 is 1.67 bits per heavy atom. The summed E-state index contributed by atoms with van der Waals surface area (Å²) < 4.78 is 4.54. The van der Waals surface area contributed by atoms with Crippen LogP contribution in [0.3, 0.4) is 0 Å². The third kappa shape index (κ3) is 5.16. The lowest BCUT2D eigenvalue weighted by Crippen LogP contribution is -2.15. The molecule has 0 spiro atoms. The van der Waals surface area contributed by atoms with Gasteiger partial charge in [0.2, 0.25) is 0 Å². The van der Waals surface area contributed by atoms with Gasteiger partial charge in [0.15, 0.2) is 0 Å². The second-order valence-electron chi connectivity index (χ2n) is 3.09. The van der Waals surface area contributed by atoms with Crippen LogP contribution < -0.4 is 5.32 Å². The SMILES string of the molecule is COC(=O)CCCNCc1cc(Cl)cs1. The summed E-state index contributed by atoms with van der Waals surface area (Å²) in [6, 6.07) is 1.94. The fourth-order valence-corrected chi connectivity index (χ4v) is 2.16. The van der Waals surface area contributed by atoms with Gasteiger partial charge in [-0.2, -0.15) is 0 Å². The van der Waals surface area contributed by atoms with Gasteiger partial charge in [-0.15, -0.1) is 11.3 Å². The van der Waals surface area contributed by atoms with Crippen molar-refractivity contribution in [1.82, 2.24) is 5.32 Å². The van der Waals surface area contributed by atoms with Gasteiger partial charge in [-0.25, -0.2) is 0 Å². The van der Waals surface area contributed by atoms with Crippen molar-refractivity contribution in [3.05, 3.63) is 21.3 Å². The average Bonchev–Trinajstić information content (AvgIpc) is 2.63. The van der Waals surface area contributed by atoms with E-state index in [9.17, 15) is 4.79 Å². The first-order valence-corrected chi connectivity index (χ1v) is 5.98. The molecule has 0 aromatic carbocycles. The van der Waals surface area contributed by atoms with Gasteiger partial charge < -0.3 is 10.1 Å². The van der Waals surface area contributed by atoms with E-state index in [-0.39, 0.29) is 5.97 Å². The lowest BCUT2D eigenvalue weighted by Gasteiger charge is -2.01. The summed E-state index contributed by atoms with van der Waals surface area (Å²) in [5.74, 6) is -0.157. The van der Waals surface area contributed by atoms with E-state index in [2.05, 4.69) is 10.1 Å². The highest BCUT2D eigenvalue weighted by Gasteiger charge is 2.00. The standard InChI is InChI=1S/C10H14ClNO2S/c1-14-10(13)3-2-4-12-6-9-5-8(11)7-15-9/h5,7,12H,2-4,6H2,1H3. The van der Waals surface area contributed by atoms with Crippen LogP contribution in [0.25, 0.3) is 0 Å². The summed E-state index contributed by atoms with van der Waals surface area (Å²) >= 11 is 7.41. The average molecular weight is 248 g/mol. The molecular formula is C10H14ClNO2S. The Hall–Kier alpha value is -0.580. The number of carbonyl (C=O) groups excluding carboxylic acids is 1. The van der Waals surface area contributed by atoms with Crippen LogP contribution in [0.5, 0.6) is 0 Å². The first kappa shape index (κ1) is 12.5. The third-order valence-corrected chi connectivity index (χ3v) is 3.17. The van der Waals surface area contributed by atoms with E-state index < -0.39 is 0 Å². The van der Waals surface area contributed by atoms with Gasteiger partial charge in [0.25, 0.3) is 0 Å². The molecule has 0 radical (unpaired) electrons. The van der Waals surface area contributed by atoms with Crippen LogP contribution in [0, 0.1) is 0 Å². The lowest BCUT2D eigenvalue weighted by molar-refractivity contribution is -0.140. The summed E-state index contributed by atoms with van der Waals surface area (Å²) in [6.07, 6.45) is 1.26. The molecule has 1 rings (SSSR count). The minimum atomic E-state index is -0.157. The molecule has 3 nitrogen and oxygen atoms in total. The smallest absolute Gasteiger partial charge is 0.305 e. The Bertz CT molecular complexity index is 314. The maximum atomic E-state index is 10.8. The number of carbonyl (C=O) groups is 1. The molecule has 0 aliphatic carbocycles. The molecule has 0 unspecified atom stereocenters. The molecule has 0 aliphatic heterocycles. The van der Waals surface area contributed by atoms with Gasteiger partial charge in [-0.1, -0.05) is 11.6 Å². The first-order chi connectivity index (χ1) is 7.22. The highest BCUT2D eigenvalue weighted by atomic mass is 35.5. The highest BCUT2D eigenvalue weighted by Crippen LogP contribution is 2.18. The molecular weight excluding hydrogens is 234 g/mol. The van der Waals surface area contributed by atoms with Gasteiger partial charge in [0, 0.05) is 23.2 Å². The predicted octanol–water partition coefficient (Wildman–Crippen LogP) is 2.44. The maximum Gasteiger partial charge on any atom is 0.305 e. The van der Waals surface area contributed by atoms with Crippen molar-refractivity contribution in [2.75, 3.05) is 13.7 Å². The van der Waals surface area contributed by atoms with E-state index in [4.69, 9.17) is 11.6 Å². The second-order valence-corrected chi connectivity index (χ2v) is 4.52. The zero-order chi connectivity index (χ0) is 11.1. The summed E-state index contributed by atoms with van der Waals surface area (Å²) in [4.78, 5) is 12.0. The lowest BCUT2D eigenvalue weighted by atomic mass is 10.3. The minimum absolute atomic E-state index is 0.157. The largest absolute Gasteiger partial charge is 0.469 e. The van der Waals surface area contributed by atoms with Gasteiger partial charge >= 0.3 is 5.97 Å². The van der Waals surface area contributed by atoms with Gasteiger partial charge in [0.05, 0.1) is 12.1 Å². The number of ether oxygens (including phenoxy) is 1. The maximum absolute atomic E-state index is 10.8. The topological polar surface area (TPSA) is 38.3 Å². The number of hydrogen-bond acceptors (Lipinski definition) is 4. The summed E-state index contributed by atoms with van der Waals surface area (Å²) in [7, 11) is 1.41. The first-order valence-electron chi connectivity index (χ1n) is 4.73. The molecule has 5 heteroatoms. The molecule has 15 heavy (non-hydrogen) atoms. The van der Waals surface area contributed by atoms with Crippen molar-refractivity contribution in [1.29, 1.82) is 0 Å². The van der Waals surface area contributed by atoms with Crippen LogP contribution in [0.1, 0.15) is 17.7 Å². The normalized spacial score (nSPS) is 10.3. The number of esters is 1. The second kappa shape index (κ2) is 6.82. The van der Waals surface area contributed by atoms with E-state index in [0.29, 0.717) is 6.42 Å². The van der Waals surface area contributed by atoms with Crippen molar-refractivity contribution < 1.29 is 9.53 Å². The molecule has 0 amide bonds. The Morgan fingerprint density at radius 3 is 3.07 bits per heavy atom. The summed E-state index contributed by atoms with van der Waals surface area (Å²) in [6.45, 7) is 1.61. The Labute approximate surface area is 98.4 Å². The van der Waals surface area contributed by atoms with Crippen molar-refractivity contribution in [3.63, 3.8) is 0 Å². The fourth-order valence-electron chi connectivity index (χ4n) is 1.12. The van der Waals surface area contributed by atoms with E-state index >= 15 is 0 Å². The van der Waals surface area contributed by atoms with Crippen LogP contribution in [-0.4, -0.2) is 19.6 Å². The predicted molar refractivity (Wildman–Crippen MR) is 62.3 cm³/mol. The molecule has 1 aromatic heterocycles. The van der Waals surface area contributed by atoms with Crippen LogP contribution in [0.15, 0.2) is 11.4 Å². The number of thiophene rings is 1. The van der Waals surface area contributed by atoms with Crippen LogP contribution in [0.2, 0.25) is 5.02 Å². The molecule has 0 saturated carbocycles. The fraction of sp³-hybridized carbons (Fsp3) is 0.500. The molecule has 84 valence electrons. The third-order valence-electron chi connectivity index (χ3n) is 1.88. The molecule has 0 aliphatic rings. The monoisotopic (exact) mass is 247 g/mol. The van der Waals surface area contributed by atoms with Gasteiger partial charge in [-0.3, -0.25) is 4.79 Å². The number of nitrogens with one attached hydrogen (secondary N) is 1. The summed E-state index contributed by atoms with van der Waals surface area (Å²) in [5.41, 5.74) is 0. The molecule has 1 heterocycles. The molecule has 0 saturated heterocycles. The zero-order valence-corrected chi connectivity index (χ0v) is 10.2. The van der Waals surface area contributed by atoms with E-state index in [0.717, 1.165) is 24.5 Å². The molecule has 0 bridgehead atoms. The molecule has 1 aromatic rings. The van der Waals surface area contributed by atoms with Crippen LogP contribution >= 0.6 is 22.9 Å². The highest BCUT2D eigenvalue weighted by molar-refractivity contribution is 7.10. The molecule has 0 fully saturated rings. The molecule has 0 atom stereocenters. The van der Waals surface area contributed by atoms with Gasteiger partial charge in [0.1, 0.15) is 0 Å². The Balaban J connectivity index is 2.05. The van der Waals surface area contributed by atoms with E-state index in [1.165, 1.54) is 12.0 Å². The van der Waals surface area contributed by atoms with Crippen LogP contribution in [0.4, 0.5) is 0 Å².